The summed E-state index contributed by atoms with van der Waals surface area (Å²) in [6.45, 7) is 8.53. The van der Waals surface area contributed by atoms with Gasteiger partial charge in [0.05, 0.1) is 27.6 Å². The van der Waals surface area contributed by atoms with E-state index in [1.165, 1.54) is 11.3 Å². The Kier molecular flexibility index (Phi) is 14.6. The van der Waals surface area contributed by atoms with Gasteiger partial charge in [-0.15, -0.1) is 22.7 Å². The van der Waals surface area contributed by atoms with Crippen molar-refractivity contribution in [2.75, 3.05) is 7.05 Å². The number of hydrogen-bond donors (Lipinski definition) is 3. The number of aromatic nitrogens is 2. The Labute approximate surface area is 297 Å². The van der Waals surface area contributed by atoms with Crippen molar-refractivity contribution >= 4 is 40.7 Å². The molecule has 262 valence electrons. The van der Waals surface area contributed by atoms with Gasteiger partial charge in [-0.3, -0.25) is 9.78 Å². The minimum atomic E-state index is -0.741. The number of amides is 4. The average molecular weight is 705 g/mol. The molecule has 3 N–H and O–H groups in total. The standard InChI is InChI=1S/C37H48N6O4S2/c1-25(2)33(42-36(45)43(5)21-31-23-48-35(40-31)26(3)4)34(44)39-29(18-27-12-8-6-9-13-27)16-17-30(19-28-14-10-7-11-15-28)41-37(46)47-22-32-20-38-24-49-32/h6-15,20,23-26,29-30,33H,16-19,21-22H2,1-5H3,(H,39,44)(H,41,46)(H,42,45)/t29?,30?,33-/m0/s1. The van der Waals surface area contributed by atoms with Gasteiger partial charge < -0.3 is 25.6 Å². The first-order valence-electron chi connectivity index (χ1n) is 16.7. The van der Waals surface area contributed by atoms with E-state index < -0.39 is 12.1 Å². The molecule has 0 saturated heterocycles. The Balaban J connectivity index is 1.43. The van der Waals surface area contributed by atoms with E-state index >= 15 is 0 Å². The predicted octanol–water partition coefficient (Wildman–Crippen LogP) is 6.93. The van der Waals surface area contributed by atoms with Crippen LogP contribution in [0.5, 0.6) is 0 Å². The summed E-state index contributed by atoms with van der Waals surface area (Å²) < 4.78 is 5.49. The predicted molar refractivity (Wildman–Crippen MR) is 196 cm³/mol. The SMILES string of the molecule is CC(C)c1nc(CN(C)C(=O)N[C@H](C(=O)NC(CCC(Cc2ccccc2)NC(=O)OCc2cncs2)Cc2ccccc2)C(C)C)cs1. The maximum Gasteiger partial charge on any atom is 0.407 e. The van der Waals surface area contributed by atoms with Crippen molar-refractivity contribution in [3.8, 4) is 0 Å². The molecule has 12 heteroatoms. The molecule has 0 fully saturated rings. The molecule has 4 aromatic rings. The van der Waals surface area contributed by atoms with Gasteiger partial charge in [0, 0.05) is 36.6 Å². The lowest BCUT2D eigenvalue weighted by atomic mass is 9.95. The van der Waals surface area contributed by atoms with Crippen LogP contribution in [-0.4, -0.2) is 58.1 Å². The van der Waals surface area contributed by atoms with E-state index in [1.54, 1.807) is 35.0 Å². The lowest BCUT2D eigenvalue weighted by Gasteiger charge is -2.28. The summed E-state index contributed by atoms with van der Waals surface area (Å²) in [5.74, 6) is -0.0737. The zero-order valence-electron chi connectivity index (χ0n) is 28.9. The van der Waals surface area contributed by atoms with E-state index in [1.807, 2.05) is 79.9 Å². The number of urea groups is 1. The maximum atomic E-state index is 13.8. The summed E-state index contributed by atoms with van der Waals surface area (Å²) in [6.07, 6.45) is 3.58. The number of rotatable bonds is 17. The van der Waals surface area contributed by atoms with Gasteiger partial charge in [-0.25, -0.2) is 14.6 Å². The largest absolute Gasteiger partial charge is 0.444 e. The summed E-state index contributed by atoms with van der Waals surface area (Å²) in [7, 11) is 1.71. The van der Waals surface area contributed by atoms with E-state index in [-0.39, 0.29) is 36.5 Å². The van der Waals surface area contributed by atoms with Gasteiger partial charge in [0.25, 0.3) is 0 Å². The normalized spacial score (nSPS) is 13.0. The maximum absolute atomic E-state index is 13.8. The van der Waals surface area contributed by atoms with Crippen LogP contribution in [0.1, 0.15) is 73.2 Å². The molecule has 3 atom stereocenters. The Morgan fingerprint density at radius 2 is 1.45 bits per heavy atom. The fourth-order valence-corrected chi connectivity index (χ4v) is 6.68. The highest BCUT2D eigenvalue weighted by molar-refractivity contribution is 7.09. The van der Waals surface area contributed by atoms with Crippen LogP contribution >= 0.6 is 22.7 Å². The van der Waals surface area contributed by atoms with Crippen molar-refractivity contribution in [2.45, 2.75) is 90.6 Å². The molecule has 0 spiro atoms. The first kappa shape index (κ1) is 37.5. The number of hydrogen-bond acceptors (Lipinski definition) is 8. The third-order valence-electron chi connectivity index (χ3n) is 8.05. The second kappa shape index (κ2) is 19.0. The summed E-state index contributed by atoms with van der Waals surface area (Å²) >= 11 is 3.02. The van der Waals surface area contributed by atoms with Crippen LogP contribution in [-0.2, 0) is 35.5 Å². The number of thiazole rings is 2. The van der Waals surface area contributed by atoms with Gasteiger partial charge in [-0.05, 0) is 42.7 Å². The highest BCUT2D eigenvalue weighted by Gasteiger charge is 2.28. The second-order valence-corrected chi connectivity index (χ2v) is 14.8. The van der Waals surface area contributed by atoms with Crippen LogP contribution in [0.3, 0.4) is 0 Å². The molecule has 0 saturated carbocycles. The molecule has 2 unspecified atom stereocenters. The molecule has 4 amide bonds. The topological polar surface area (TPSA) is 126 Å². The molecule has 2 aromatic carbocycles. The van der Waals surface area contributed by atoms with Crippen molar-refractivity contribution in [2.24, 2.45) is 5.92 Å². The minimum Gasteiger partial charge on any atom is -0.444 e. The van der Waals surface area contributed by atoms with Crippen LogP contribution in [0.15, 0.2) is 77.8 Å². The lowest BCUT2D eigenvalue weighted by molar-refractivity contribution is -0.124. The first-order chi connectivity index (χ1) is 23.6. The highest BCUT2D eigenvalue weighted by atomic mass is 32.1. The van der Waals surface area contributed by atoms with Crippen molar-refractivity contribution in [1.82, 2.24) is 30.8 Å². The fraction of sp³-hybridized carbons (Fsp3) is 0.432. The van der Waals surface area contributed by atoms with Crippen LogP contribution < -0.4 is 16.0 Å². The van der Waals surface area contributed by atoms with E-state index in [9.17, 15) is 14.4 Å². The smallest absolute Gasteiger partial charge is 0.407 e. The fourth-order valence-electron chi connectivity index (χ4n) is 5.35. The number of nitrogens with one attached hydrogen (secondary N) is 3. The zero-order chi connectivity index (χ0) is 35.2. The van der Waals surface area contributed by atoms with Gasteiger partial charge >= 0.3 is 12.1 Å². The molecule has 0 radical (unpaired) electrons. The molecule has 0 bridgehead atoms. The van der Waals surface area contributed by atoms with E-state index in [0.29, 0.717) is 38.1 Å². The number of nitrogens with zero attached hydrogens (tertiary/aromatic N) is 3. The number of benzene rings is 2. The molecule has 49 heavy (non-hydrogen) atoms. The van der Waals surface area contributed by atoms with Crippen molar-refractivity contribution in [3.63, 3.8) is 0 Å². The summed E-state index contributed by atoms with van der Waals surface area (Å²) in [5, 5.41) is 12.3. The van der Waals surface area contributed by atoms with E-state index in [4.69, 9.17) is 4.74 Å². The number of ether oxygens (including phenoxy) is 1. The quantitative estimate of drug-likeness (QED) is 0.109. The molecule has 2 heterocycles. The zero-order valence-corrected chi connectivity index (χ0v) is 30.6. The van der Waals surface area contributed by atoms with Gasteiger partial charge in [0.15, 0.2) is 0 Å². The third kappa shape index (κ3) is 12.6. The van der Waals surface area contributed by atoms with E-state index in [0.717, 1.165) is 26.7 Å². The number of alkyl carbamates (subject to hydrolysis) is 1. The van der Waals surface area contributed by atoms with E-state index in [2.05, 4.69) is 39.8 Å². The van der Waals surface area contributed by atoms with Gasteiger partial charge in [0.2, 0.25) is 5.91 Å². The van der Waals surface area contributed by atoms with Gasteiger partial charge in [-0.1, -0.05) is 88.4 Å². The monoisotopic (exact) mass is 704 g/mol. The molecule has 4 rings (SSSR count). The summed E-state index contributed by atoms with van der Waals surface area (Å²) in [4.78, 5) is 51.1. The third-order valence-corrected chi connectivity index (χ3v) is 10.00. The van der Waals surface area contributed by atoms with Gasteiger partial charge in [0.1, 0.15) is 12.6 Å². The Morgan fingerprint density at radius 3 is 1.98 bits per heavy atom. The average Bonchev–Trinajstić information content (AvgIpc) is 3.78. The molecular formula is C37H48N6O4S2. The Hall–Kier alpha value is -4.29. The van der Waals surface area contributed by atoms with Crippen LogP contribution in [0.4, 0.5) is 9.59 Å². The molecule has 0 aliphatic rings. The van der Waals surface area contributed by atoms with Crippen molar-refractivity contribution in [3.05, 3.63) is 104 Å². The molecular weight excluding hydrogens is 657 g/mol. The summed E-state index contributed by atoms with van der Waals surface area (Å²) in [6, 6.07) is 18.4. The van der Waals surface area contributed by atoms with Gasteiger partial charge in [-0.2, -0.15) is 0 Å². The first-order valence-corrected chi connectivity index (χ1v) is 18.5. The Bertz CT molecular complexity index is 1580. The lowest BCUT2D eigenvalue weighted by Crippen LogP contribution is -2.54. The van der Waals surface area contributed by atoms with Crippen LogP contribution in [0.2, 0.25) is 0 Å². The van der Waals surface area contributed by atoms with Crippen LogP contribution in [0.25, 0.3) is 0 Å². The molecule has 10 nitrogen and oxygen atoms in total. The summed E-state index contributed by atoms with van der Waals surface area (Å²) in [5.41, 5.74) is 4.70. The Morgan fingerprint density at radius 1 is 0.837 bits per heavy atom. The number of carbonyl (C=O) groups excluding carboxylic acids is 3. The molecule has 0 aliphatic carbocycles. The molecule has 2 aromatic heterocycles. The minimum absolute atomic E-state index is 0.151. The highest BCUT2D eigenvalue weighted by Crippen LogP contribution is 2.20. The second-order valence-electron chi connectivity index (χ2n) is 12.9. The number of carbonyl (C=O) groups is 3. The molecule has 0 aliphatic heterocycles. The van der Waals surface area contributed by atoms with Crippen LogP contribution in [0, 0.1) is 5.92 Å². The van der Waals surface area contributed by atoms with Crippen molar-refractivity contribution in [1.29, 1.82) is 0 Å². The van der Waals surface area contributed by atoms with Crippen molar-refractivity contribution < 1.29 is 19.1 Å².